The lowest BCUT2D eigenvalue weighted by molar-refractivity contribution is 1.23. The SMILES string of the molecule is c1ccc(N(c2ccc(-c3cccc4c3sc3ccccc34)cc2)c2cc(N(c3ccccc3)c3ccc(-c4cccc5c4sc4ccccc45)cc3)cc(N(c3ccccc3)c3cccc4ccccc34)c2)cc1. The van der Waals surface area contributed by atoms with Gasteiger partial charge in [0.2, 0.25) is 0 Å². The molecule has 0 amide bonds. The molecule has 14 aromatic rings. The van der Waals surface area contributed by atoms with E-state index in [4.69, 9.17) is 0 Å². The van der Waals surface area contributed by atoms with E-state index < -0.39 is 0 Å². The van der Waals surface area contributed by atoms with Crippen LogP contribution in [0.4, 0.5) is 51.2 Å². The number of para-hydroxylation sites is 3. The van der Waals surface area contributed by atoms with Crippen LogP contribution in [0.15, 0.2) is 285 Å². The molecule has 0 spiro atoms. The smallest absolute Gasteiger partial charge is 0.0540 e. The van der Waals surface area contributed by atoms with Crippen molar-refractivity contribution < 1.29 is 0 Å². The monoisotopic (exact) mass is 993 g/mol. The summed E-state index contributed by atoms with van der Waals surface area (Å²) in [6.07, 6.45) is 0. The second-order valence-electron chi connectivity index (χ2n) is 18.9. The third kappa shape index (κ3) is 8.07. The zero-order valence-corrected chi connectivity index (χ0v) is 42.4. The molecule has 2 heterocycles. The van der Waals surface area contributed by atoms with Crippen molar-refractivity contribution in [2.75, 3.05) is 14.7 Å². The summed E-state index contributed by atoms with van der Waals surface area (Å²) in [5, 5.41) is 7.56. The van der Waals surface area contributed by atoms with Gasteiger partial charge in [0, 0.05) is 74.2 Å². The van der Waals surface area contributed by atoms with Gasteiger partial charge < -0.3 is 14.7 Å². The summed E-state index contributed by atoms with van der Waals surface area (Å²) in [7, 11) is 0. The van der Waals surface area contributed by atoms with Crippen molar-refractivity contribution in [2.45, 2.75) is 0 Å². The number of nitrogens with zero attached hydrogens (tertiary/aromatic N) is 3. The Morgan fingerprint density at radius 3 is 1.05 bits per heavy atom. The van der Waals surface area contributed by atoms with Crippen molar-refractivity contribution in [3.05, 3.63) is 285 Å². The molecule has 5 heteroatoms. The second-order valence-corrected chi connectivity index (χ2v) is 21.0. The van der Waals surface area contributed by atoms with Gasteiger partial charge in [-0.15, -0.1) is 22.7 Å². The number of hydrogen-bond acceptors (Lipinski definition) is 5. The van der Waals surface area contributed by atoms with E-state index in [1.54, 1.807) is 0 Å². The maximum Gasteiger partial charge on any atom is 0.0540 e. The standard InChI is InChI=1S/C70H47N3S2/c1-4-21-51(22-5-1)71(54-41-37-49(38-42-54)60-30-17-32-64-62-28-12-14-35-67(62)74-69(60)64)56-45-57(47-58(46-56)73(53-25-8-3-9-26-53)66-34-16-20-48-19-10-11-27-59(48)66)72(52-23-6-2-7-24-52)55-43-39-50(40-44-55)61-31-18-33-65-63-29-13-15-36-68(63)75-70(61)65/h1-47H. The van der Waals surface area contributed by atoms with E-state index in [2.05, 4.69) is 300 Å². The zero-order chi connectivity index (χ0) is 49.7. The van der Waals surface area contributed by atoms with Gasteiger partial charge in [-0.05, 0) is 125 Å². The van der Waals surface area contributed by atoms with Crippen LogP contribution < -0.4 is 14.7 Å². The van der Waals surface area contributed by atoms with E-state index in [9.17, 15) is 0 Å². The molecular formula is C70H47N3S2. The molecule has 0 radical (unpaired) electrons. The third-order valence-corrected chi connectivity index (χ3v) is 16.8. The Balaban J connectivity index is 0.974. The highest BCUT2D eigenvalue weighted by molar-refractivity contribution is 7.26. The predicted molar refractivity (Wildman–Crippen MR) is 325 cm³/mol. The quantitative estimate of drug-likeness (QED) is 0.128. The van der Waals surface area contributed by atoms with Gasteiger partial charge in [-0.3, -0.25) is 0 Å². The van der Waals surface area contributed by atoms with Crippen molar-refractivity contribution in [2.24, 2.45) is 0 Å². The number of hydrogen-bond donors (Lipinski definition) is 0. The van der Waals surface area contributed by atoms with Gasteiger partial charge in [0.05, 0.1) is 22.7 Å². The van der Waals surface area contributed by atoms with E-state index in [1.807, 2.05) is 22.7 Å². The van der Waals surface area contributed by atoms with E-state index in [1.165, 1.54) is 73.4 Å². The Kier molecular flexibility index (Phi) is 11.2. The Bertz CT molecular complexity index is 4130. The molecule has 0 N–H and O–H groups in total. The van der Waals surface area contributed by atoms with Gasteiger partial charge in [-0.2, -0.15) is 0 Å². The van der Waals surface area contributed by atoms with E-state index in [0.29, 0.717) is 0 Å². The highest BCUT2D eigenvalue weighted by Gasteiger charge is 2.24. The Morgan fingerprint density at radius 1 is 0.227 bits per heavy atom. The van der Waals surface area contributed by atoms with E-state index in [0.717, 1.165) is 51.2 Å². The average Bonchev–Trinajstić information content (AvgIpc) is 4.07. The fourth-order valence-electron chi connectivity index (χ4n) is 11.0. The van der Waals surface area contributed by atoms with Gasteiger partial charge in [-0.1, -0.05) is 188 Å². The largest absolute Gasteiger partial charge is 0.310 e. The summed E-state index contributed by atoms with van der Waals surface area (Å²) in [6, 6.07) is 104. The molecule has 14 rings (SSSR count). The molecule has 0 fully saturated rings. The van der Waals surface area contributed by atoms with Gasteiger partial charge in [-0.25, -0.2) is 0 Å². The van der Waals surface area contributed by atoms with Gasteiger partial charge in [0.15, 0.2) is 0 Å². The van der Waals surface area contributed by atoms with Crippen molar-refractivity contribution in [1.82, 2.24) is 0 Å². The first-order valence-corrected chi connectivity index (χ1v) is 27.0. The van der Waals surface area contributed by atoms with Crippen LogP contribution in [-0.2, 0) is 0 Å². The van der Waals surface area contributed by atoms with Crippen LogP contribution in [0.1, 0.15) is 0 Å². The lowest BCUT2D eigenvalue weighted by Gasteiger charge is -2.33. The molecule has 0 saturated carbocycles. The predicted octanol–water partition coefficient (Wildman–Crippen LogP) is 21.3. The number of rotatable bonds is 11. The molecule has 0 atom stereocenters. The summed E-state index contributed by atoms with van der Waals surface area (Å²) in [6.45, 7) is 0. The average molecular weight is 994 g/mol. The summed E-state index contributed by atoms with van der Waals surface area (Å²) < 4.78 is 5.23. The normalized spacial score (nSPS) is 11.5. The van der Waals surface area contributed by atoms with E-state index in [-0.39, 0.29) is 0 Å². The van der Waals surface area contributed by atoms with Gasteiger partial charge in [0.1, 0.15) is 0 Å². The van der Waals surface area contributed by atoms with Crippen molar-refractivity contribution in [1.29, 1.82) is 0 Å². The molecule has 0 unspecified atom stereocenters. The molecule has 0 aliphatic heterocycles. The molecule has 3 nitrogen and oxygen atoms in total. The minimum absolute atomic E-state index is 1.02. The summed E-state index contributed by atoms with van der Waals surface area (Å²) >= 11 is 3.74. The first-order valence-electron chi connectivity index (χ1n) is 25.4. The van der Waals surface area contributed by atoms with Crippen LogP contribution in [0.3, 0.4) is 0 Å². The third-order valence-electron chi connectivity index (χ3n) is 14.4. The van der Waals surface area contributed by atoms with Crippen LogP contribution in [0.2, 0.25) is 0 Å². The lowest BCUT2D eigenvalue weighted by Crippen LogP contribution is -2.16. The van der Waals surface area contributed by atoms with Crippen LogP contribution in [-0.4, -0.2) is 0 Å². The molecule has 2 aromatic heterocycles. The zero-order valence-electron chi connectivity index (χ0n) is 40.8. The summed E-state index contributed by atoms with van der Waals surface area (Å²) in [4.78, 5) is 7.23. The number of anilines is 9. The summed E-state index contributed by atoms with van der Waals surface area (Å²) in [5.41, 5.74) is 14.3. The highest BCUT2D eigenvalue weighted by Crippen LogP contribution is 2.49. The van der Waals surface area contributed by atoms with Crippen molar-refractivity contribution >= 4 is 125 Å². The van der Waals surface area contributed by atoms with Crippen LogP contribution in [0, 0.1) is 0 Å². The number of fused-ring (bicyclic) bond motifs is 7. The van der Waals surface area contributed by atoms with Crippen molar-refractivity contribution in [3.63, 3.8) is 0 Å². The molecule has 0 aliphatic carbocycles. The minimum Gasteiger partial charge on any atom is -0.310 e. The molecular weight excluding hydrogens is 947 g/mol. The topological polar surface area (TPSA) is 9.72 Å². The second kappa shape index (κ2) is 19.0. The molecule has 354 valence electrons. The van der Waals surface area contributed by atoms with Crippen LogP contribution in [0.5, 0.6) is 0 Å². The van der Waals surface area contributed by atoms with Crippen LogP contribution >= 0.6 is 22.7 Å². The van der Waals surface area contributed by atoms with Gasteiger partial charge in [0.25, 0.3) is 0 Å². The molecule has 0 saturated heterocycles. The van der Waals surface area contributed by atoms with Crippen LogP contribution in [0.25, 0.3) is 73.4 Å². The molecule has 0 bridgehead atoms. The fourth-order valence-corrected chi connectivity index (χ4v) is 13.4. The Labute approximate surface area is 444 Å². The molecule has 75 heavy (non-hydrogen) atoms. The Hall–Kier alpha value is -9.26. The first-order chi connectivity index (χ1) is 37.2. The minimum atomic E-state index is 1.02. The maximum absolute atomic E-state index is 2.42. The summed E-state index contributed by atoms with van der Waals surface area (Å²) in [5.74, 6) is 0. The van der Waals surface area contributed by atoms with Gasteiger partial charge >= 0.3 is 0 Å². The highest BCUT2D eigenvalue weighted by atomic mass is 32.1. The Morgan fingerprint density at radius 2 is 0.573 bits per heavy atom. The first kappa shape index (κ1) is 44.4. The van der Waals surface area contributed by atoms with Crippen molar-refractivity contribution in [3.8, 4) is 22.3 Å². The molecule has 0 aliphatic rings. The van der Waals surface area contributed by atoms with E-state index >= 15 is 0 Å². The fraction of sp³-hybridized carbons (Fsp3) is 0. The lowest BCUT2D eigenvalue weighted by atomic mass is 10.0. The number of benzene rings is 12. The number of thiophene rings is 2. The maximum atomic E-state index is 2.42. The molecule has 12 aromatic carbocycles.